The van der Waals surface area contributed by atoms with Crippen LogP contribution in [0.2, 0.25) is 0 Å². The van der Waals surface area contributed by atoms with Gasteiger partial charge in [-0.15, -0.1) is 0 Å². The zero-order valence-corrected chi connectivity index (χ0v) is 11.9. The molecule has 0 unspecified atom stereocenters. The molecule has 2 aromatic carbocycles. The van der Waals surface area contributed by atoms with Crippen molar-refractivity contribution >= 4 is 23.4 Å². The third-order valence-corrected chi connectivity index (χ3v) is 3.56. The first-order chi connectivity index (χ1) is 10.2. The van der Waals surface area contributed by atoms with E-state index >= 15 is 0 Å². The van der Waals surface area contributed by atoms with Gasteiger partial charge in [0.05, 0.1) is 11.4 Å². The van der Waals surface area contributed by atoms with E-state index in [2.05, 4.69) is 11.0 Å². The third kappa shape index (κ3) is 2.48. The molecule has 0 atom stereocenters. The molecule has 0 saturated heterocycles. The number of anilines is 2. The van der Waals surface area contributed by atoms with Crippen LogP contribution in [0.1, 0.15) is 5.56 Å². The van der Waals surface area contributed by atoms with Crippen molar-refractivity contribution in [1.29, 1.82) is 0 Å². The van der Waals surface area contributed by atoms with Crippen LogP contribution in [0.25, 0.3) is 6.08 Å². The number of hydrogen-bond acceptors (Lipinski definition) is 3. The molecule has 0 aliphatic carbocycles. The second-order valence-corrected chi connectivity index (χ2v) is 5.01. The van der Waals surface area contributed by atoms with Crippen LogP contribution in [-0.4, -0.2) is 19.5 Å². The standard InChI is InChI=1S/C17H17N3O/c1-19-14-9-5-6-10-15(14)20(12-16(18)21)17(19)11-13-7-3-2-4-8-13/h2-11H,12H2,1H3,(H2,18,21)/b17-11+. The minimum atomic E-state index is -0.348. The summed E-state index contributed by atoms with van der Waals surface area (Å²) in [7, 11) is 1.99. The minimum absolute atomic E-state index is 0.167. The largest absolute Gasteiger partial charge is 0.368 e. The van der Waals surface area contributed by atoms with Gasteiger partial charge in [0.15, 0.2) is 0 Å². The summed E-state index contributed by atoms with van der Waals surface area (Å²) in [5.74, 6) is 0.597. The zero-order chi connectivity index (χ0) is 14.8. The Hall–Kier alpha value is -2.75. The highest BCUT2D eigenvalue weighted by atomic mass is 16.1. The van der Waals surface area contributed by atoms with Crippen molar-refractivity contribution in [3.05, 3.63) is 66.0 Å². The molecule has 2 N–H and O–H groups in total. The normalized spacial score (nSPS) is 15.4. The highest BCUT2D eigenvalue weighted by molar-refractivity contribution is 5.90. The first-order valence-electron chi connectivity index (χ1n) is 6.82. The number of carbonyl (C=O) groups excluding carboxylic acids is 1. The zero-order valence-electron chi connectivity index (χ0n) is 11.9. The molecule has 0 saturated carbocycles. The summed E-state index contributed by atoms with van der Waals surface area (Å²) < 4.78 is 0. The Balaban J connectivity index is 2.07. The van der Waals surface area contributed by atoms with Gasteiger partial charge < -0.3 is 15.5 Å². The summed E-state index contributed by atoms with van der Waals surface area (Å²) in [5, 5.41) is 0. The summed E-state index contributed by atoms with van der Waals surface area (Å²) >= 11 is 0. The van der Waals surface area contributed by atoms with Crippen molar-refractivity contribution in [2.24, 2.45) is 5.73 Å². The second kappa shape index (κ2) is 5.32. The van der Waals surface area contributed by atoms with Crippen LogP contribution in [0.5, 0.6) is 0 Å². The fourth-order valence-corrected chi connectivity index (χ4v) is 2.60. The molecule has 0 fully saturated rings. The Bertz CT molecular complexity index is 694. The van der Waals surface area contributed by atoms with Gasteiger partial charge in [-0.1, -0.05) is 42.5 Å². The molecule has 4 heteroatoms. The fraction of sp³-hybridized carbons (Fsp3) is 0.118. The summed E-state index contributed by atoms with van der Waals surface area (Å²) in [5.41, 5.74) is 8.56. The van der Waals surface area contributed by atoms with Crippen molar-refractivity contribution in [1.82, 2.24) is 0 Å². The molecule has 4 nitrogen and oxygen atoms in total. The van der Waals surface area contributed by atoms with Crippen molar-refractivity contribution in [3.8, 4) is 0 Å². The Morgan fingerprint density at radius 2 is 1.67 bits per heavy atom. The van der Waals surface area contributed by atoms with Gasteiger partial charge in [0.1, 0.15) is 12.4 Å². The molecule has 106 valence electrons. The molecule has 2 aromatic rings. The Kier molecular flexibility index (Phi) is 3.36. The topological polar surface area (TPSA) is 49.6 Å². The smallest absolute Gasteiger partial charge is 0.237 e. The van der Waals surface area contributed by atoms with Crippen LogP contribution in [0.4, 0.5) is 11.4 Å². The SMILES string of the molecule is CN1/C(=C\c2ccccc2)N(CC(N)=O)c2ccccc21. The first-order valence-corrected chi connectivity index (χ1v) is 6.82. The lowest BCUT2D eigenvalue weighted by atomic mass is 10.2. The van der Waals surface area contributed by atoms with Crippen molar-refractivity contribution < 1.29 is 4.79 Å². The molecule has 1 aliphatic heterocycles. The Morgan fingerprint density at radius 3 is 2.33 bits per heavy atom. The maximum Gasteiger partial charge on any atom is 0.237 e. The lowest BCUT2D eigenvalue weighted by Gasteiger charge is -2.21. The average molecular weight is 279 g/mol. The molecule has 3 rings (SSSR count). The summed E-state index contributed by atoms with van der Waals surface area (Å²) in [6.45, 7) is 0.167. The van der Waals surface area contributed by atoms with Gasteiger partial charge in [-0.05, 0) is 23.8 Å². The molecular formula is C17H17N3O. The van der Waals surface area contributed by atoms with E-state index in [1.165, 1.54) is 0 Å². The number of carbonyl (C=O) groups is 1. The Morgan fingerprint density at radius 1 is 1.05 bits per heavy atom. The van der Waals surface area contributed by atoms with E-state index in [4.69, 9.17) is 5.73 Å². The van der Waals surface area contributed by atoms with Crippen LogP contribution < -0.4 is 15.5 Å². The maximum absolute atomic E-state index is 11.4. The van der Waals surface area contributed by atoms with Crippen molar-refractivity contribution in [3.63, 3.8) is 0 Å². The number of rotatable bonds is 3. The molecular weight excluding hydrogens is 262 g/mol. The minimum Gasteiger partial charge on any atom is -0.368 e. The monoisotopic (exact) mass is 279 g/mol. The van der Waals surface area contributed by atoms with Gasteiger partial charge in [0.2, 0.25) is 5.91 Å². The number of nitrogens with two attached hydrogens (primary N) is 1. The van der Waals surface area contributed by atoms with E-state index in [1.807, 2.05) is 66.5 Å². The van der Waals surface area contributed by atoms with E-state index in [9.17, 15) is 4.79 Å². The molecule has 0 bridgehead atoms. The lowest BCUT2D eigenvalue weighted by Crippen LogP contribution is -2.34. The third-order valence-electron chi connectivity index (χ3n) is 3.56. The van der Waals surface area contributed by atoms with Gasteiger partial charge >= 0.3 is 0 Å². The Labute approximate surface area is 124 Å². The van der Waals surface area contributed by atoms with E-state index in [0.29, 0.717) is 0 Å². The van der Waals surface area contributed by atoms with Crippen LogP contribution in [-0.2, 0) is 4.79 Å². The number of fused-ring (bicyclic) bond motifs is 1. The van der Waals surface area contributed by atoms with Gasteiger partial charge in [-0.3, -0.25) is 4.79 Å². The molecule has 0 radical (unpaired) electrons. The van der Waals surface area contributed by atoms with E-state index < -0.39 is 0 Å². The quantitative estimate of drug-likeness (QED) is 0.938. The van der Waals surface area contributed by atoms with E-state index in [-0.39, 0.29) is 12.5 Å². The predicted octanol–water partition coefficient (Wildman–Crippen LogP) is 2.43. The van der Waals surface area contributed by atoms with Crippen LogP contribution in [0.3, 0.4) is 0 Å². The summed E-state index contributed by atoms with van der Waals surface area (Å²) in [6.07, 6.45) is 2.06. The summed E-state index contributed by atoms with van der Waals surface area (Å²) in [6, 6.07) is 18.0. The molecule has 1 heterocycles. The van der Waals surface area contributed by atoms with Gasteiger partial charge in [-0.25, -0.2) is 0 Å². The predicted molar refractivity (Wildman–Crippen MR) is 85.8 cm³/mol. The number of benzene rings is 2. The van der Waals surface area contributed by atoms with Gasteiger partial charge in [-0.2, -0.15) is 0 Å². The van der Waals surface area contributed by atoms with Crippen molar-refractivity contribution in [2.45, 2.75) is 0 Å². The maximum atomic E-state index is 11.4. The van der Waals surface area contributed by atoms with E-state index in [0.717, 1.165) is 22.8 Å². The fourth-order valence-electron chi connectivity index (χ4n) is 2.60. The molecule has 1 aliphatic rings. The molecule has 1 amide bonds. The first kappa shape index (κ1) is 13.2. The number of para-hydroxylation sites is 2. The number of primary amides is 1. The molecule has 0 aromatic heterocycles. The number of hydrogen-bond donors (Lipinski definition) is 1. The van der Waals surface area contributed by atoms with Gasteiger partial charge in [0, 0.05) is 7.05 Å². The lowest BCUT2D eigenvalue weighted by molar-refractivity contribution is -0.116. The summed E-state index contributed by atoms with van der Waals surface area (Å²) in [4.78, 5) is 15.4. The van der Waals surface area contributed by atoms with Crippen LogP contribution in [0.15, 0.2) is 60.4 Å². The highest BCUT2D eigenvalue weighted by Crippen LogP contribution is 2.40. The number of amides is 1. The second-order valence-electron chi connectivity index (χ2n) is 5.01. The van der Waals surface area contributed by atoms with Crippen LogP contribution >= 0.6 is 0 Å². The molecule has 21 heavy (non-hydrogen) atoms. The molecule has 0 spiro atoms. The number of nitrogens with zero attached hydrogens (tertiary/aromatic N) is 2. The van der Waals surface area contributed by atoms with Gasteiger partial charge in [0.25, 0.3) is 0 Å². The highest BCUT2D eigenvalue weighted by Gasteiger charge is 2.29. The van der Waals surface area contributed by atoms with Crippen molar-refractivity contribution in [2.75, 3.05) is 23.4 Å². The van der Waals surface area contributed by atoms with Crippen LogP contribution in [0, 0.1) is 0 Å². The van der Waals surface area contributed by atoms with E-state index in [1.54, 1.807) is 0 Å². The average Bonchev–Trinajstić information content (AvgIpc) is 2.74.